The van der Waals surface area contributed by atoms with E-state index < -0.39 is 23.4 Å². The Hall–Kier alpha value is -2.57. The van der Waals surface area contributed by atoms with Gasteiger partial charge in [-0.2, -0.15) is 0 Å². The molecule has 1 aromatic rings. The van der Waals surface area contributed by atoms with Crippen LogP contribution in [0.4, 0.5) is 5.69 Å². The minimum atomic E-state index is -1.62. The van der Waals surface area contributed by atoms with Crippen LogP contribution in [0.1, 0.15) is 32.6 Å². The molecule has 124 valence electrons. The van der Waals surface area contributed by atoms with E-state index in [1.165, 1.54) is 6.92 Å². The van der Waals surface area contributed by atoms with Crippen LogP contribution in [0.5, 0.6) is 5.75 Å². The minimum absolute atomic E-state index is 0.119. The molecule has 2 rings (SSSR count). The molecule has 0 aliphatic carbocycles. The van der Waals surface area contributed by atoms with Crippen LogP contribution in [0.2, 0.25) is 0 Å². The molecule has 0 aromatic heterocycles. The largest absolute Gasteiger partial charge is 0.481 e. The summed E-state index contributed by atoms with van der Waals surface area (Å²) in [4.78, 5) is 34.9. The lowest BCUT2D eigenvalue weighted by Gasteiger charge is -2.33. The maximum Gasteiger partial charge on any atom is 0.303 e. The fourth-order valence-corrected chi connectivity index (χ4v) is 2.26. The molecular formula is C16H20N2O5. The number of anilines is 1. The SMILES string of the molecule is CC1(C(=O)NCCCCCC(=O)O)Oc2ccccc2NC1=O. The second-order valence-electron chi connectivity index (χ2n) is 5.55. The van der Waals surface area contributed by atoms with E-state index >= 15 is 0 Å². The van der Waals surface area contributed by atoms with E-state index in [1.54, 1.807) is 24.3 Å². The van der Waals surface area contributed by atoms with Gasteiger partial charge in [0.1, 0.15) is 5.75 Å². The first-order chi connectivity index (χ1) is 10.9. The molecule has 2 amide bonds. The molecule has 1 aromatic carbocycles. The summed E-state index contributed by atoms with van der Waals surface area (Å²) >= 11 is 0. The average molecular weight is 320 g/mol. The van der Waals surface area contributed by atoms with Gasteiger partial charge in [0.05, 0.1) is 5.69 Å². The molecule has 0 radical (unpaired) electrons. The van der Waals surface area contributed by atoms with E-state index in [1.807, 2.05) is 0 Å². The second-order valence-corrected chi connectivity index (χ2v) is 5.55. The Morgan fingerprint density at radius 2 is 2.00 bits per heavy atom. The number of carbonyl (C=O) groups excluding carboxylic acids is 2. The Bertz CT molecular complexity index is 616. The van der Waals surface area contributed by atoms with Crippen molar-refractivity contribution in [2.24, 2.45) is 0 Å². The van der Waals surface area contributed by atoms with E-state index in [0.29, 0.717) is 37.2 Å². The maximum absolute atomic E-state index is 12.3. The van der Waals surface area contributed by atoms with Crippen molar-refractivity contribution < 1.29 is 24.2 Å². The summed E-state index contributed by atoms with van der Waals surface area (Å²) in [5, 5.41) is 13.9. The first kappa shape index (κ1) is 16.8. The summed E-state index contributed by atoms with van der Waals surface area (Å²) in [6.07, 6.45) is 2.02. The smallest absolute Gasteiger partial charge is 0.303 e. The first-order valence-corrected chi connectivity index (χ1v) is 7.53. The third kappa shape index (κ3) is 4.00. The molecule has 23 heavy (non-hydrogen) atoms. The quantitative estimate of drug-likeness (QED) is 0.522. The Kier molecular flexibility index (Phi) is 5.20. The second kappa shape index (κ2) is 7.13. The van der Waals surface area contributed by atoms with Gasteiger partial charge in [-0.3, -0.25) is 14.4 Å². The van der Waals surface area contributed by atoms with Gasteiger partial charge in [-0.15, -0.1) is 0 Å². The fourth-order valence-electron chi connectivity index (χ4n) is 2.26. The minimum Gasteiger partial charge on any atom is -0.481 e. The van der Waals surface area contributed by atoms with E-state index in [0.717, 1.165) is 0 Å². The third-order valence-corrected chi connectivity index (χ3v) is 3.67. The van der Waals surface area contributed by atoms with Gasteiger partial charge >= 0.3 is 5.97 Å². The number of hydrogen-bond donors (Lipinski definition) is 3. The Morgan fingerprint density at radius 1 is 1.26 bits per heavy atom. The highest BCUT2D eigenvalue weighted by molar-refractivity contribution is 6.15. The normalized spacial score (nSPS) is 19.3. The van der Waals surface area contributed by atoms with Crippen molar-refractivity contribution in [2.75, 3.05) is 11.9 Å². The molecule has 3 N–H and O–H groups in total. The van der Waals surface area contributed by atoms with Crippen LogP contribution in [0, 0.1) is 0 Å². The molecule has 0 saturated heterocycles. The molecule has 0 saturated carbocycles. The van der Waals surface area contributed by atoms with Crippen LogP contribution in [-0.4, -0.2) is 35.0 Å². The molecule has 1 aliphatic heterocycles. The van der Waals surface area contributed by atoms with Crippen LogP contribution < -0.4 is 15.4 Å². The molecule has 0 fully saturated rings. The number of carboxylic acids is 1. The van der Waals surface area contributed by atoms with Crippen LogP contribution >= 0.6 is 0 Å². The van der Waals surface area contributed by atoms with Gasteiger partial charge in [0.15, 0.2) is 0 Å². The van der Waals surface area contributed by atoms with Gasteiger partial charge < -0.3 is 20.5 Å². The van der Waals surface area contributed by atoms with Gasteiger partial charge in [-0.1, -0.05) is 18.6 Å². The maximum atomic E-state index is 12.3. The summed E-state index contributed by atoms with van der Waals surface area (Å²) < 4.78 is 5.60. The molecule has 1 heterocycles. The third-order valence-electron chi connectivity index (χ3n) is 3.67. The topological polar surface area (TPSA) is 105 Å². The van der Waals surface area contributed by atoms with Crippen LogP contribution in [0.25, 0.3) is 0 Å². The van der Waals surface area contributed by atoms with Gasteiger partial charge in [-0.05, 0) is 31.9 Å². The van der Waals surface area contributed by atoms with Crippen LogP contribution in [-0.2, 0) is 14.4 Å². The summed E-state index contributed by atoms with van der Waals surface area (Å²) in [6.45, 7) is 1.80. The highest BCUT2D eigenvalue weighted by atomic mass is 16.5. The molecule has 1 aliphatic rings. The monoisotopic (exact) mass is 320 g/mol. The molecule has 1 atom stereocenters. The van der Waals surface area contributed by atoms with Crippen molar-refractivity contribution in [3.63, 3.8) is 0 Å². The Morgan fingerprint density at radius 3 is 2.74 bits per heavy atom. The van der Waals surface area contributed by atoms with Crippen molar-refractivity contribution in [1.29, 1.82) is 0 Å². The molecule has 0 spiro atoms. The zero-order chi connectivity index (χ0) is 16.9. The molecule has 7 nitrogen and oxygen atoms in total. The number of hydrogen-bond acceptors (Lipinski definition) is 4. The number of amides is 2. The lowest BCUT2D eigenvalue weighted by atomic mass is 10.0. The zero-order valence-electron chi connectivity index (χ0n) is 12.9. The highest BCUT2D eigenvalue weighted by Crippen LogP contribution is 2.33. The van der Waals surface area contributed by atoms with E-state index in [2.05, 4.69) is 10.6 Å². The summed E-state index contributed by atoms with van der Waals surface area (Å²) in [6, 6.07) is 6.92. The first-order valence-electron chi connectivity index (χ1n) is 7.53. The predicted molar refractivity (Wildman–Crippen MR) is 83.2 cm³/mol. The zero-order valence-corrected chi connectivity index (χ0v) is 12.9. The van der Waals surface area contributed by atoms with Crippen molar-refractivity contribution >= 4 is 23.5 Å². The number of aliphatic carboxylic acids is 1. The number of unbranched alkanes of at least 4 members (excludes halogenated alkanes) is 2. The number of fused-ring (bicyclic) bond motifs is 1. The van der Waals surface area contributed by atoms with Gasteiger partial charge in [0, 0.05) is 13.0 Å². The van der Waals surface area contributed by atoms with Crippen molar-refractivity contribution in [3.05, 3.63) is 24.3 Å². The molecule has 7 heteroatoms. The lowest BCUT2D eigenvalue weighted by molar-refractivity contribution is -0.146. The number of carbonyl (C=O) groups is 3. The summed E-state index contributed by atoms with van der Waals surface area (Å²) in [7, 11) is 0. The number of para-hydroxylation sites is 2. The molecule has 1 unspecified atom stereocenters. The van der Waals surface area contributed by atoms with Gasteiger partial charge in [0.25, 0.3) is 17.4 Å². The lowest BCUT2D eigenvalue weighted by Crippen LogP contribution is -2.58. The Labute approximate surface area is 134 Å². The highest BCUT2D eigenvalue weighted by Gasteiger charge is 2.46. The van der Waals surface area contributed by atoms with Crippen LogP contribution in [0.3, 0.4) is 0 Å². The number of rotatable bonds is 7. The van der Waals surface area contributed by atoms with E-state index in [-0.39, 0.29) is 6.42 Å². The predicted octanol–water partition coefficient (Wildman–Crippen LogP) is 1.54. The number of nitrogens with one attached hydrogen (secondary N) is 2. The fraction of sp³-hybridized carbons (Fsp3) is 0.438. The van der Waals surface area contributed by atoms with Crippen LogP contribution in [0.15, 0.2) is 24.3 Å². The van der Waals surface area contributed by atoms with E-state index in [9.17, 15) is 14.4 Å². The summed E-state index contributed by atoms with van der Waals surface area (Å²) in [5.74, 6) is -1.40. The molecular weight excluding hydrogens is 300 g/mol. The van der Waals surface area contributed by atoms with Crippen molar-refractivity contribution in [2.45, 2.75) is 38.2 Å². The molecule has 0 bridgehead atoms. The number of benzene rings is 1. The number of carboxylic acid groups (broad SMARTS) is 1. The standard InChI is InChI=1S/C16H20N2O5/c1-16(14(21)17-10-6-2-3-9-13(19)20)15(22)18-11-7-4-5-8-12(11)23-16/h4-5,7-8H,2-3,6,9-10H2,1H3,(H,17,21)(H,18,22)(H,19,20). The van der Waals surface area contributed by atoms with Gasteiger partial charge in [-0.25, -0.2) is 0 Å². The Balaban J connectivity index is 1.86. The summed E-state index contributed by atoms with van der Waals surface area (Å²) in [5.41, 5.74) is -1.08. The average Bonchev–Trinajstić information content (AvgIpc) is 2.51. The van der Waals surface area contributed by atoms with Gasteiger partial charge in [0.2, 0.25) is 0 Å². The van der Waals surface area contributed by atoms with E-state index in [4.69, 9.17) is 9.84 Å². The van der Waals surface area contributed by atoms with Crippen molar-refractivity contribution in [1.82, 2.24) is 5.32 Å². The van der Waals surface area contributed by atoms with Crippen molar-refractivity contribution in [3.8, 4) is 5.75 Å². The number of ether oxygens (including phenoxy) is 1.